The third kappa shape index (κ3) is 4.46. The van der Waals surface area contributed by atoms with Crippen LogP contribution in [-0.4, -0.2) is 60.5 Å². The number of hydrogen-bond donors (Lipinski definition) is 1. The number of carbonyl (C=O) groups is 2. The van der Waals surface area contributed by atoms with Crippen LogP contribution in [0.2, 0.25) is 5.02 Å². The number of hydrogen-bond acceptors (Lipinski definition) is 7. The number of esters is 1. The molecule has 0 atom stereocenters. The van der Waals surface area contributed by atoms with Crippen molar-refractivity contribution in [2.45, 2.75) is 6.92 Å². The van der Waals surface area contributed by atoms with Crippen molar-refractivity contribution in [3.05, 3.63) is 40.7 Å². The molecule has 142 valence electrons. The minimum absolute atomic E-state index is 0.389. The number of rotatable bonds is 5. The maximum atomic E-state index is 11.7. The van der Waals surface area contributed by atoms with Crippen LogP contribution in [0.5, 0.6) is 0 Å². The maximum absolute atomic E-state index is 11.7. The lowest BCUT2D eigenvalue weighted by Crippen LogP contribution is -2.46. The Morgan fingerprint density at radius 3 is 2.63 bits per heavy atom. The zero-order valence-corrected chi connectivity index (χ0v) is 15.9. The maximum Gasteiger partial charge on any atom is 0.337 e. The number of aromatic nitrogens is 2. The van der Waals surface area contributed by atoms with Gasteiger partial charge in [-0.3, -0.25) is 4.79 Å². The molecule has 0 spiro atoms. The van der Waals surface area contributed by atoms with Gasteiger partial charge in [0.1, 0.15) is 17.5 Å². The highest BCUT2D eigenvalue weighted by atomic mass is 35.5. The van der Waals surface area contributed by atoms with Crippen molar-refractivity contribution in [2.24, 2.45) is 0 Å². The standard InChI is InChI=1S/C18H20ClN5O3/c1-12-20-16(10-17(21-12)24-7-5-23(11-25)6-8-24)22-15-9-13(18(26)27-2)3-4-14(15)19/h3-4,9-11H,5-8H2,1-2H3,(H,20,21,22). The first-order valence-electron chi connectivity index (χ1n) is 8.45. The summed E-state index contributed by atoms with van der Waals surface area (Å²) in [4.78, 5) is 35.3. The van der Waals surface area contributed by atoms with E-state index < -0.39 is 5.97 Å². The van der Waals surface area contributed by atoms with Gasteiger partial charge >= 0.3 is 5.97 Å². The summed E-state index contributed by atoms with van der Waals surface area (Å²) >= 11 is 6.25. The molecule has 0 aliphatic carbocycles. The van der Waals surface area contributed by atoms with Crippen molar-refractivity contribution in [3.63, 3.8) is 0 Å². The number of piperazine rings is 1. The Labute approximate surface area is 162 Å². The summed E-state index contributed by atoms with van der Waals surface area (Å²) in [6.45, 7) is 4.52. The lowest BCUT2D eigenvalue weighted by atomic mass is 10.2. The van der Waals surface area contributed by atoms with E-state index in [2.05, 4.69) is 20.2 Å². The molecular formula is C18H20ClN5O3. The van der Waals surface area contributed by atoms with Crippen molar-refractivity contribution in [1.29, 1.82) is 0 Å². The molecule has 9 heteroatoms. The van der Waals surface area contributed by atoms with Gasteiger partial charge in [0, 0.05) is 32.2 Å². The molecule has 1 aromatic heterocycles. The van der Waals surface area contributed by atoms with Crippen LogP contribution in [0.25, 0.3) is 0 Å². The fourth-order valence-corrected chi connectivity index (χ4v) is 3.00. The first kappa shape index (κ1) is 18.9. The third-order valence-corrected chi connectivity index (χ3v) is 4.59. The summed E-state index contributed by atoms with van der Waals surface area (Å²) in [6.07, 6.45) is 0.867. The summed E-state index contributed by atoms with van der Waals surface area (Å²) in [5.74, 6) is 1.51. The lowest BCUT2D eigenvalue weighted by molar-refractivity contribution is -0.118. The number of halogens is 1. The van der Waals surface area contributed by atoms with E-state index in [1.165, 1.54) is 7.11 Å². The molecule has 0 saturated carbocycles. The summed E-state index contributed by atoms with van der Waals surface area (Å²) in [7, 11) is 1.33. The molecule has 1 aromatic carbocycles. The van der Waals surface area contributed by atoms with Gasteiger partial charge in [0.15, 0.2) is 0 Å². The van der Waals surface area contributed by atoms with Crippen LogP contribution < -0.4 is 10.2 Å². The number of ether oxygens (including phenoxy) is 1. The van der Waals surface area contributed by atoms with Crippen molar-refractivity contribution >= 4 is 41.3 Å². The molecule has 0 radical (unpaired) electrons. The van der Waals surface area contributed by atoms with Crippen LogP contribution in [0.1, 0.15) is 16.2 Å². The van der Waals surface area contributed by atoms with Gasteiger partial charge in [0.25, 0.3) is 0 Å². The van der Waals surface area contributed by atoms with Crippen LogP contribution in [0.15, 0.2) is 24.3 Å². The molecule has 1 aliphatic heterocycles. The van der Waals surface area contributed by atoms with Crippen molar-refractivity contribution in [3.8, 4) is 0 Å². The fourth-order valence-electron chi connectivity index (χ4n) is 2.84. The predicted octanol–water partition coefficient (Wildman–Crippen LogP) is 2.25. The van der Waals surface area contributed by atoms with E-state index in [4.69, 9.17) is 16.3 Å². The van der Waals surface area contributed by atoms with Gasteiger partial charge in [-0.2, -0.15) is 0 Å². The second-order valence-electron chi connectivity index (χ2n) is 6.10. The Morgan fingerprint density at radius 2 is 1.96 bits per heavy atom. The van der Waals surface area contributed by atoms with Crippen LogP contribution in [-0.2, 0) is 9.53 Å². The topological polar surface area (TPSA) is 87.7 Å². The van der Waals surface area contributed by atoms with E-state index in [-0.39, 0.29) is 0 Å². The van der Waals surface area contributed by atoms with Crippen molar-refractivity contribution in [2.75, 3.05) is 43.5 Å². The van der Waals surface area contributed by atoms with Gasteiger partial charge in [0.05, 0.1) is 23.4 Å². The van der Waals surface area contributed by atoms with Crippen LogP contribution in [0, 0.1) is 6.92 Å². The SMILES string of the molecule is COC(=O)c1ccc(Cl)c(Nc2cc(N3CCN(C=O)CC3)nc(C)n2)c1. The Kier molecular flexibility index (Phi) is 5.75. The molecule has 1 fully saturated rings. The molecule has 1 N–H and O–H groups in total. The Bertz CT molecular complexity index is 853. The normalized spacial score (nSPS) is 14.0. The number of carbonyl (C=O) groups excluding carboxylic acids is 2. The largest absolute Gasteiger partial charge is 0.465 e. The van der Waals surface area contributed by atoms with E-state index in [1.54, 1.807) is 23.1 Å². The Morgan fingerprint density at radius 1 is 1.22 bits per heavy atom. The molecule has 1 aliphatic rings. The van der Waals surface area contributed by atoms with E-state index in [0.29, 0.717) is 54.1 Å². The first-order chi connectivity index (χ1) is 13.0. The molecule has 8 nitrogen and oxygen atoms in total. The summed E-state index contributed by atoms with van der Waals surface area (Å²) in [6, 6.07) is 6.67. The van der Waals surface area contributed by atoms with E-state index in [9.17, 15) is 9.59 Å². The van der Waals surface area contributed by atoms with Gasteiger partial charge in [-0.15, -0.1) is 0 Å². The molecule has 27 heavy (non-hydrogen) atoms. The average molecular weight is 390 g/mol. The summed E-state index contributed by atoms with van der Waals surface area (Å²) in [5, 5.41) is 3.61. The molecule has 2 heterocycles. The molecule has 1 saturated heterocycles. The number of methoxy groups -OCH3 is 1. The minimum Gasteiger partial charge on any atom is -0.465 e. The molecular weight excluding hydrogens is 370 g/mol. The number of nitrogens with one attached hydrogen (secondary N) is 1. The highest BCUT2D eigenvalue weighted by Gasteiger charge is 2.18. The molecule has 0 bridgehead atoms. The molecule has 3 rings (SSSR count). The third-order valence-electron chi connectivity index (χ3n) is 4.26. The monoisotopic (exact) mass is 389 g/mol. The second-order valence-corrected chi connectivity index (χ2v) is 6.51. The number of amides is 1. The highest BCUT2D eigenvalue weighted by molar-refractivity contribution is 6.33. The molecule has 2 aromatic rings. The van der Waals surface area contributed by atoms with Gasteiger partial charge in [-0.25, -0.2) is 14.8 Å². The van der Waals surface area contributed by atoms with Crippen molar-refractivity contribution in [1.82, 2.24) is 14.9 Å². The molecule has 0 unspecified atom stereocenters. The number of nitrogens with zero attached hydrogens (tertiary/aromatic N) is 4. The van der Waals surface area contributed by atoms with Gasteiger partial charge < -0.3 is 19.9 Å². The van der Waals surface area contributed by atoms with Gasteiger partial charge in [-0.1, -0.05) is 11.6 Å². The number of aryl methyl sites for hydroxylation is 1. The molecule has 1 amide bonds. The Balaban J connectivity index is 1.83. The van der Waals surface area contributed by atoms with Gasteiger partial charge in [-0.05, 0) is 25.1 Å². The first-order valence-corrected chi connectivity index (χ1v) is 8.83. The zero-order valence-electron chi connectivity index (χ0n) is 15.1. The fraction of sp³-hybridized carbons (Fsp3) is 0.333. The average Bonchev–Trinajstić information content (AvgIpc) is 2.68. The quantitative estimate of drug-likeness (QED) is 0.619. The summed E-state index contributed by atoms with van der Waals surface area (Å²) in [5.41, 5.74) is 0.940. The number of benzene rings is 1. The van der Waals surface area contributed by atoms with Crippen LogP contribution in [0.4, 0.5) is 17.3 Å². The van der Waals surface area contributed by atoms with Gasteiger partial charge in [0.2, 0.25) is 6.41 Å². The lowest BCUT2D eigenvalue weighted by Gasteiger charge is -2.33. The smallest absolute Gasteiger partial charge is 0.337 e. The van der Waals surface area contributed by atoms with E-state index >= 15 is 0 Å². The second kappa shape index (κ2) is 8.22. The van der Waals surface area contributed by atoms with Crippen LogP contribution in [0.3, 0.4) is 0 Å². The highest BCUT2D eigenvalue weighted by Crippen LogP contribution is 2.27. The van der Waals surface area contributed by atoms with E-state index in [1.807, 2.05) is 13.0 Å². The minimum atomic E-state index is -0.442. The summed E-state index contributed by atoms with van der Waals surface area (Å²) < 4.78 is 4.75. The van der Waals surface area contributed by atoms with E-state index in [0.717, 1.165) is 12.2 Å². The van der Waals surface area contributed by atoms with Crippen molar-refractivity contribution < 1.29 is 14.3 Å². The Hall–Kier alpha value is -2.87. The van der Waals surface area contributed by atoms with Crippen LogP contribution >= 0.6 is 11.6 Å². The number of anilines is 3. The zero-order chi connectivity index (χ0) is 19.4. The predicted molar refractivity (Wildman–Crippen MR) is 103 cm³/mol.